The molecule has 0 saturated heterocycles. The Morgan fingerprint density at radius 2 is 2.14 bits per heavy atom. The minimum atomic E-state index is 0.623. The summed E-state index contributed by atoms with van der Waals surface area (Å²) in [6.07, 6.45) is 5.93. The molecule has 14 heavy (non-hydrogen) atoms. The fourth-order valence-corrected chi connectivity index (χ4v) is 2.71. The van der Waals surface area contributed by atoms with Crippen LogP contribution in [0.25, 0.3) is 0 Å². The van der Waals surface area contributed by atoms with E-state index in [1.165, 1.54) is 17.5 Å². The summed E-state index contributed by atoms with van der Waals surface area (Å²) in [5.41, 5.74) is 2.94. The fraction of sp³-hybridized carbons (Fsp3) is 0.385. The van der Waals surface area contributed by atoms with Crippen molar-refractivity contribution in [3.05, 3.63) is 41.5 Å². The highest BCUT2D eigenvalue weighted by atomic mass is 16.5. The predicted molar refractivity (Wildman–Crippen MR) is 56.9 cm³/mol. The molecule has 3 rings (SSSR count). The van der Waals surface area contributed by atoms with Gasteiger partial charge in [0.1, 0.15) is 5.75 Å². The Hall–Kier alpha value is -1.24. The summed E-state index contributed by atoms with van der Waals surface area (Å²) in [6, 6.07) is 6.45. The molecule has 0 heterocycles. The van der Waals surface area contributed by atoms with E-state index < -0.39 is 0 Å². The van der Waals surface area contributed by atoms with Gasteiger partial charge >= 0.3 is 0 Å². The molecule has 2 atom stereocenters. The third-order valence-electron chi connectivity index (χ3n) is 3.25. The van der Waals surface area contributed by atoms with Gasteiger partial charge in [-0.1, -0.05) is 24.3 Å². The summed E-state index contributed by atoms with van der Waals surface area (Å²) in [5, 5.41) is 0. The lowest BCUT2D eigenvalue weighted by Crippen LogP contribution is -1.99. The molecule has 0 N–H and O–H groups in total. The lowest BCUT2D eigenvalue weighted by atomic mass is 9.96. The van der Waals surface area contributed by atoms with Crippen LogP contribution in [0.15, 0.2) is 30.4 Å². The molecule has 0 fully saturated rings. The number of rotatable bonds is 2. The van der Waals surface area contributed by atoms with Crippen molar-refractivity contribution in [2.45, 2.75) is 25.2 Å². The van der Waals surface area contributed by atoms with E-state index in [0.717, 1.165) is 12.4 Å². The van der Waals surface area contributed by atoms with Crippen LogP contribution in [-0.4, -0.2) is 6.61 Å². The number of fused-ring (bicyclic) bond motifs is 5. The quantitative estimate of drug-likeness (QED) is 0.644. The lowest BCUT2D eigenvalue weighted by Gasteiger charge is -2.15. The first-order chi connectivity index (χ1) is 6.90. The van der Waals surface area contributed by atoms with E-state index in [4.69, 9.17) is 4.74 Å². The number of hydrogen-bond donors (Lipinski definition) is 0. The summed E-state index contributed by atoms with van der Waals surface area (Å²) in [4.78, 5) is 0. The van der Waals surface area contributed by atoms with Crippen molar-refractivity contribution < 1.29 is 4.74 Å². The van der Waals surface area contributed by atoms with Crippen molar-refractivity contribution >= 4 is 0 Å². The number of benzene rings is 1. The van der Waals surface area contributed by atoms with E-state index in [-0.39, 0.29) is 0 Å². The molecule has 0 aliphatic heterocycles. The fourth-order valence-electron chi connectivity index (χ4n) is 2.71. The molecule has 2 bridgehead atoms. The van der Waals surface area contributed by atoms with Crippen molar-refractivity contribution in [1.29, 1.82) is 0 Å². The first-order valence-corrected chi connectivity index (χ1v) is 5.34. The molecule has 0 spiro atoms. The molecule has 0 aromatic heterocycles. The summed E-state index contributed by atoms with van der Waals surface area (Å²) in [5.74, 6) is 2.38. The van der Waals surface area contributed by atoms with Crippen molar-refractivity contribution in [2.75, 3.05) is 6.61 Å². The average Bonchev–Trinajstić information content (AvgIpc) is 2.79. The Kier molecular flexibility index (Phi) is 1.66. The van der Waals surface area contributed by atoms with Gasteiger partial charge in [-0.3, -0.25) is 0 Å². The van der Waals surface area contributed by atoms with E-state index in [1.54, 1.807) is 0 Å². The zero-order valence-electron chi connectivity index (χ0n) is 8.36. The van der Waals surface area contributed by atoms with Crippen molar-refractivity contribution in [2.24, 2.45) is 0 Å². The lowest BCUT2D eigenvalue weighted by molar-refractivity contribution is 0.336. The molecule has 2 aliphatic carbocycles. The molecule has 0 amide bonds. The molecular weight excluding hydrogens is 172 g/mol. The molecular formula is C13H14O. The Bertz CT molecular complexity index is 392. The molecule has 0 radical (unpaired) electrons. The highest BCUT2D eigenvalue weighted by molar-refractivity contribution is 5.54. The van der Waals surface area contributed by atoms with Gasteiger partial charge < -0.3 is 4.74 Å². The van der Waals surface area contributed by atoms with Crippen LogP contribution in [0, 0.1) is 0 Å². The summed E-state index contributed by atoms with van der Waals surface area (Å²) < 4.78 is 5.67. The predicted octanol–water partition coefficient (Wildman–Crippen LogP) is 3.23. The summed E-state index contributed by atoms with van der Waals surface area (Å²) >= 11 is 0. The number of allylic oxidation sites excluding steroid dienone is 2. The maximum atomic E-state index is 5.67. The van der Waals surface area contributed by atoms with Gasteiger partial charge in [0, 0.05) is 17.4 Å². The summed E-state index contributed by atoms with van der Waals surface area (Å²) in [6.45, 7) is 2.81. The maximum Gasteiger partial charge on any atom is 0.123 e. The summed E-state index contributed by atoms with van der Waals surface area (Å²) in [7, 11) is 0. The standard InChI is InChI=1S/C13H14O/c1-2-14-12-5-3-4-11-9-6-7-10(8-9)13(11)12/h3-7,9-10H,2,8H2,1H3. The van der Waals surface area contributed by atoms with Crippen molar-refractivity contribution in [1.82, 2.24) is 0 Å². The highest BCUT2D eigenvalue weighted by Gasteiger charge is 2.34. The van der Waals surface area contributed by atoms with Crippen LogP contribution < -0.4 is 4.74 Å². The Labute approximate surface area is 84.4 Å². The Morgan fingerprint density at radius 3 is 3.00 bits per heavy atom. The van der Waals surface area contributed by atoms with Crippen molar-refractivity contribution in [3.8, 4) is 5.75 Å². The van der Waals surface area contributed by atoms with Crippen LogP contribution in [-0.2, 0) is 0 Å². The Balaban J connectivity index is 2.11. The SMILES string of the molecule is CCOc1cccc2c1C1C=CC2C1. The van der Waals surface area contributed by atoms with Crippen LogP contribution in [0.3, 0.4) is 0 Å². The van der Waals surface area contributed by atoms with Crippen LogP contribution >= 0.6 is 0 Å². The van der Waals surface area contributed by atoms with Gasteiger partial charge in [-0.25, -0.2) is 0 Å². The van der Waals surface area contributed by atoms with E-state index in [9.17, 15) is 0 Å². The molecule has 0 saturated carbocycles. The van der Waals surface area contributed by atoms with Gasteiger partial charge in [0.05, 0.1) is 6.61 Å². The van der Waals surface area contributed by atoms with Crippen molar-refractivity contribution in [3.63, 3.8) is 0 Å². The molecule has 2 aliphatic rings. The number of ether oxygens (including phenoxy) is 1. The zero-order valence-corrected chi connectivity index (χ0v) is 8.36. The first-order valence-electron chi connectivity index (χ1n) is 5.34. The molecule has 1 nitrogen and oxygen atoms in total. The van der Waals surface area contributed by atoms with Gasteiger partial charge in [-0.2, -0.15) is 0 Å². The van der Waals surface area contributed by atoms with Gasteiger partial charge in [0.25, 0.3) is 0 Å². The van der Waals surface area contributed by atoms with Gasteiger partial charge in [0.15, 0.2) is 0 Å². The second-order valence-electron chi connectivity index (χ2n) is 4.03. The van der Waals surface area contributed by atoms with E-state index in [2.05, 4.69) is 30.4 Å². The van der Waals surface area contributed by atoms with Crippen LogP contribution in [0.2, 0.25) is 0 Å². The van der Waals surface area contributed by atoms with Crippen LogP contribution in [0.1, 0.15) is 36.3 Å². The minimum Gasteiger partial charge on any atom is -0.494 e. The zero-order chi connectivity index (χ0) is 9.54. The maximum absolute atomic E-state index is 5.67. The third-order valence-corrected chi connectivity index (χ3v) is 3.25. The molecule has 72 valence electrons. The Morgan fingerprint density at radius 1 is 1.29 bits per heavy atom. The van der Waals surface area contributed by atoms with E-state index in [1.807, 2.05) is 6.92 Å². The first kappa shape index (κ1) is 8.10. The van der Waals surface area contributed by atoms with Gasteiger partial charge in [-0.05, 0) is 25.0 Å². The van der Waals surface area contributed by atoms with Crippen LogP contribution in [0.5, 0.6) is 5.75 Å². The molecule has 1 aromatic carbocycles. The smallest absolute Gasteiger partial charge is 0.123 e. The third kappa shape index (κ3) is 0.955. The van der Waals surface area contributed by atoms with Gasteiger partial charge in [-0.15, -0.1) is 0 Å². The second-order valence-corrected chi connectivity index (χ2v) is 4.03. The average molecular weight is 186 g/mol. The normalized spacial score (nSPS) is 26.6. The minimum absolute atomic E-state index is 0.623. The second kappa shape index (κ2) is 2.88. The monoisotopic (exact) mass is 186 g/mol. The topological polar surface area (TPSA) is 9.23 Å². The molecule has 1 heteroatoms. The van der Waals surface area contributed by atoms with Crippen LogP contribution in [0.4, 0.5) is 0 Å². The number of hydrogen-bond acceptors (Lipinski definition) is 1. The van der Waals surface area contributed by atoms with E-state index in [0.29, 0.717) is 11.8 Å². The largest absolute Gasteiger partial charge is 0.494 e. The molecule has 2 unspecified atom stereocenters. The highest BCUT2D eigenvalue weighted by Crippen LogP contribution is 2.51. The molecule has 1 aromatic rings. The van der Waals surface area contributed by atoms with Gasteiger partial charge in [0.2, 0.25) is 0 Å². The van der Waals surface area contributed by atoms with E-state index >= 15 is 0 Å².